The Morgan fingerprint density at radius 2 is 0.543 bits per heavy atom. The normalized spacial score (nSPS) is 16.8. The fraction of sp³-hybridized carbons (Fsp3) is 1.00. The summed E-state index contributed by atoms with van der Waals surface area (Å²) in [5.74, 6) is -77.0. The van der Waals surface area contributed by atoms with Crippen molar-refractivity contribution in [2.45, 2.75) is 65.5 Å². The van der Waals surface area contributed by atoms with Gasteiger partial charge in [-0.05, 0) is 0 Å². The SMILES string of the molecule is FC(F)(F)C(F)(F)C(F)(F)C(F)(F)C(F)(F)C(F)(F)C(F)(F)C(F)(F)C(F)(F)C(F)(F)C[SiH](Cl)Cl. The van der Waals surface area contributed by atoms with Crippen LogP contribution in [-0.2, 0) is 0 Å². The molecule has 0 bridgehead atoms. The maximum absolute atomic E-state index is 13.5. The van der Waals surface area contributed by atoms with Crippen molar-refractivity contribution in [1.29, 1.82) is 0 Å². The summed E-state index contributed by atoms with van der Waals surface area (Å²) in [5.41, 5.74) is 0. The number of hydrogen-bond acceptors (Lipinski definition) is 0. The van der Waals surface area contributed by atoms with Crippen LogP contribution in [0.25, 0.3) is 0 Å². The van der Waals surface area contributed by atoms with Gasteiger partial charge in [0.25, 0.3) is 0 Å². The molecule has 0 saturated heterocycles. The summed E-state index contributed by atoms with van der Waals surface area (Å²) in [6.07, 6.45) is -8.00. The lowest BCUT2D eigenvalue weighted by molar-refractivity contribution is -0.473. The van der Waals surface area contributed by atoms with Gasteiger partial charge < -0.3 is 0 Å². The Kier molecular flexibility index (Phi) is 8.52. The van der Waals surface area contributed by atoms with Crippen LogP contribution in [0.5, 0.6) is 0 Å². The first kappa shape index (κ1) is 34.3. The predicted molar refractivity (Wildman–Crippen MR) is 74.2 cm³/mol. The molecule has 0 unspecified atom stereocenters. The van der Waals surface area contributed by atoms with E-state index in [1.165, 1.54) is 0 Å². The Balaban J connectivity index is 7.03. The molecule has 0 heterocycles. The van der Waals surface area contributed by atoms with Gasteiger partial charge in [-0.3, -0.25) is 0 Å². The van der Waals surface area contributed by atoms with Crippen molar-refractivity contribution in [1.82, 2.24) is 0 Å². The minimum absolute atomic E-state index is 2.90. The van der Waals surface area contributed by atoms with Gasteiger partial charge >= 0.3 is 59.5 Å². The summed E-state index contributed by atoms with van der Waals surface area (Å²) in [7, 11) is -4.29. The van der Waals surface area contributed by atoms with Gasteiger partial charge in [0.1, 0.15) is 0 Å². The standard InChI is InChI=1S/C11H3Cl2F21Si/c12-35(13)1-2(14,15)3(16,17)4(18,19)5(20,21)6(22,23)7(24,25)8(26,27)9(28,29)10(30,31)11(32,33)34/h35H,1H2. The fourth-order valence-corrected chi connectivity index (χ4v) is 3.72. The van der Waals surface area contributed by atoms with Gasteiger partial charge in [0.2, 0.25) is 7.42 Å². The zero-order valence-corrected chi connectivity index (χ0v) is 17.6. The van der Waals surface area contributed by atoms with E-state index in [1.54, 1.807) is 0 Å². The van der Waals surface area contributed by atoms with Crippen molar-refractivity contribution < 1.29 is 92.2 Å². The number of alkyl halides is 21. The molecule has 0 rings (SSSR count). The average molecular weight is 633 g/mol. The molecule has 0 fully saturated rings. The summed E-state index contributed by atoms with van der Waals surface area (Å²) >= 11 is 9.26. The molecule has 35 heavy (non-hydrogen) atoms. The lowest BCUT2D eigenvalue weighted by Crippen LogP contribution is -2.76. The molecule has 0 radical (unpaired) electrons. The van der Waals surface area contributed by atoms with Crippen LogP contribution >= 0.6 is 22.2 Å². The summed E-state index contributed by atoms with van der Waals surface area (Å²) in [6.45, 7) is 0. The highest BCUT2D eigenvalue weighted by Crippen LogP contribution is 2.66. The maximum Gasteiger partial charge on any atom is 0.460 e. The van der Waals surface area contributed by atoms with E-state index in [4.69, 9.17) is 0 Å². The molecule has 0 N–H and O–H groups in total. The molecule has 0 aliphatic heterocycles. The molecule has 0 spiro atoms. The Morgan fingerprint density at radius 3 is 0.743 bits per heavy atom. The van der Waals surface area contributed by atoms with E-state index in [-0.39, 0.29) is 0 Å². The molecule has 0 aromatic rings. The third kappa shape index (κ3) is 4.49. The number of halogens is 23. The molecule has 212 valence electrons. The molecule has 0 aromatic carbocycles. The first-order valence-electron chi connectivity index (χ1n) is 7.42. The van der Waals surface area contributed by atoms with Crippen molar-refractivity contribution in [3.05, 3.63) is 0 Å². The second-order valence-electron chi connectivity index (χ2n) is 6.39. The maximum atomic E-state index is 13.5. The molecule has 0 atom stereocenters. The molecule has 0 aliphatic carbocycles. The Morgan fingerprint density at radius 1 is 0.343 bits per heavy atom. The molecule has 0 amide bonds. The molecule has 0 aromatic heterocycles. The summed E-state index contributed by atoms with van der Waals surface area (Å²) in [6, 6.07) is -2.90. The third-order valence-corrected chi connectivity index (χ3v) is 5.73. The van der Waals surface area contributed by atoms with E-state index < -0.39 is 72.9 Å². The van der Waals surface area contributed by atoms with Crippen molar-refractivity contribution in [3.63, 3.8) is 0 Å². The Labute approximate surface area is 188 Å². The van der Waals surface area contributed by atoms with E-state index in [9.17, 15) is 92.2 Å². The van der Waals surface area contributed by atoms with Crippen molar-refractivity contribution in [2.75, 3.05) is 0 Å². The highest BCUT2D eigenvalue weighted by atomic mass is 35.7. The van der Waals surface area contributed by atoms with Crippen molar-refractivity contribution >= 4 is 29.6 Å². The Bertz CT molecular complexity index is 768. The minimum atomic E-state index is -9.17. The molecule has 0 nitrogen and oxygen atoms in total. The topological polar surface area (TPSA) is 0 Å². The first-order valence-corrected chi connectivity index (χ1v) is 11.7. The van der Waals surface area contributed by atoms with Crippen LogP contribution in [0.3, 0.4) is 0 Å². The number of hydrogen-bond donors (Lipinski definition) is 0. The molecule has 24 heteroatoms. The van der Waals surface area contributed by atoms with E-state index in [0.29, 0.717) is 0 Å². The highest BCUT2D eigenvalue weighted by molar-refractivity contribution is 7.33. The molecular weight excluding hydrogens is 630 g/mol. The lowest BCUT2D eigenvalue weighted by atomic mass is 9.86. The summed E-state index contributed by atoms with van der Waals surface area (Å²) < 4.78 is 274. The zero-order chi connectivity index (χ0) is 29.3. The number of rotatable bonds is 10. The van der Waals surface area contributed by atoms with Gasteiger partial charge in [0.15, 0.2) is 0 Å². The van der Waals surface area contributed by atoms with E-state index in [1.807, 2.05) is 0 Å². The van der Waals surface area contributed by atoms with Gasteiger partial charge in [-0.15, -0.1) is 0 Å². The van der Waals surface area contributed by atoms with Crippen LogP contribution in [0.4, 0.5) is 92.2 Å². The monoisotopic (exact) mass is 632 g/mol. The average Bonchev–Trinajstić information content (AvgIpc) is 2.58. The highest BCUT2D eigenvalue weighted by Gasteiger charge is 2.97. The molecular formula is C11H3Cl2F21Si. The minimum Gasteiger partial charge on any atom is -0.200 e. The summed E-state index contributed by atoms with van der Waals surface area (Å²) in [4.78, 5) is 0. The van der Waals surface area contributed by atoms with Gasteiger partial charge in [-0.2, -0.15) is 114 Å². The van der Waals surface area contributed by atoms with Gasteiger partial charge in [0, 0.05) is 6.04 Å². The first-order chi connectivity index (χ1) is 14.7. The summed E-state index contributed by atoms with van der Waals surface area (Å²) in [5, 5.41) is 0. The van der Waals surface area contributed by atoms with E-state index in [2.05, 4.69) is 22.2 Å². The largest absolute Gasteiger partial charge is 0.460 e. The van der Waals surface area contributed by atoms with Crippen LogP contribution in [0, 0.1) is 0 Å². The van der Waals surface area contributed by atoms with Crippen molar-refractivity contribution in [2.24, 2.45) is 0 Å². The van der Waals surface area contributed by atoms with E-state index >= 15 is 0 Å². The zero-order valence-electron chi connectivity index (χ0n) is 15.0. The lowest BCUT2D eigenvalue weighted by Gasteiger charge is -2.44. The molecule has 0 aliphatic rings. The van der Waals surface area contributed by atoms with Crippen LogP contribution in [0.2, 0.25) is 6.04 Å². The van der Waals surface area contributed by atoms with Crippen LogP contribution < -0.4 is 0 Å². The van der Waals surface area contributed by atoms with Gasteiger partial charge in [-0.1, -0.05) is 0 Å². The van der Waals surface area contributed by atoms with Crippen molar-refractivity contribution in [3.8, 4) is 0 Å². The Hall–Kier alpha value is -0.673. The second-order valence-corrected chi connectivity index (χ2v) is 11.4. The second kappa shape index (κ2) is 8.68. The van der Waals surface area contributed by atoms with Crippen LogP contribution in [0.15, 0.2) is 0 Å². The quantitative estimate of drug-likeness (QED) is 0.130. The van der Waals surface area contributed by atoms with Gasteiger partial charge in [-0.25, -0.2) is 0 Å². The van der Waals surface area contributed by atoms with E-state index in [0.717, 1.165) is 0 Å². The van der Waals surface area contributed by atoms with Crippen LogP contribution in [0.1, 0.15) is 0 Å². The smallest absolute Gasteiger partial charge is 0.200 e. The predicted octanol–water partition coefficient (Wildman–Crippen LogP) is 7.96. The third-order valence-electron chi connectivity index (χ3n) is 3.99. The molecule has 0 saturated carbocycles. The van der Waals surface area contributed by atoms with Gasteiger partial charge in [0.05, 0.1) is 0 Å². The fourth-order valence-electron chi connectivity index (χ4n) is 1.91. The van der Waals surface area contributed by atoms with Crippen LogP contribution in [-0.4, -0.2) is 66.9 Å².